The highest BCUT2D eigenvalue weighted by atomic mass is 19.4. The molecule has 21 heavy (non-hydrogen) atoms. The summed E-state index contributed by atoms with van der Waals surface area (Å²) in [6.45, 7) is -0.276. The Morgan fingerprint density at radius 3 is 2.43 bits per heavy atom. The molecule has 1 heterocycles. The molecule has 3 nitrogen and oxygen atoms in total. The van der Waals surface area contributed by atoms with E-state index in [0.29, 0.717) is 17.0 Å². The lowest BCUT2D eigenvalue weighted by atomic mass is 9.97. The molecule has 1 saturated heterocycles. The summed E-state index contributed by atoms with van der Waals surface area (Å²) in [6.07, 6.45) is -4.75. The minimum atomic E-state index is -4.59. The van der Waals surface area contributed by atoms with E-state index in [4.69, 9.17) is 5.73 Å². The van der Waals surface area contributed by atoms with Crippen LogP contribution in [0.15, 0.2) is 18.2 Å². The van der Waals surface area contributed by atoms with E-state index in [1.807, 2.05) is 0 Å². The maximum absolute atomic E-state index is 13.1. The van der Waals surface area contributed by atoms with E-state index in [-0.39, 0.29) is 24.9 Å². The van der Waals surface area contributed by atoms with E-state index < -0.39 is 35.8 Å². The molecule has 0 saturated carbocycles. The first-order chi connectivity index (χ1) is 9.70. The zero-order chi connectivity index (χ0) is 15.8. The van der Waals surface area contributed by atoms with Gasteiger partial charge in [-0.25, -0.2) is 8.78 Å². The lowest BCUT2D eigenvalue weighted by Gasteiger charge is -2.39. The van der Waals surface area contributed by atoms with Gasteiger partial charge in [-0.1, -0.05) is 0 Å². The summed E-state index contributed by atoms with van der Waals surface area (Å²) >= 11 is 0. The van der Waals surface area contributed by atoms with Crippen LogP contribution in [0.25, 0.3) is 0 Å². The average Bonchev–Trinajstić information content (AvgIpc) is 2.39. The molecule has 1 fully saturated rings. The lowest BCUT2D eigenvalue weighted by Crippen LogP contribution is -2.56. The number of hydrogen-bond donors (Lipinski definition) is 1. The van der Waals surface area contributed by atoms with Crippen LogP contribution in [0.1, 0.15) is 23.2 Å². The van der Waals surface area contributed by atoms with Crippen molar-refractivity contribution in [2.75, 3.05) is 6.54 Å². The van der Waals surface area contributed by atoms with Crippen LogP contribution in [-0.4, -0.2) is 35.6 Å². The van der Waals surface area contributed by atoms with Crippen molar-refractivity contribution in [2.24, 2.45) is 5.73 Å². The largest absolute Gasteiger partial charge is 0.408 e. The van der Waals surface area contributed by atoms with Crippen LogP contribution in [0, 0.1) is 11.6 Å². The lowest BCUT2D eigenvalue weighted by molar-refractivity contribution is -0.184. The van der Waals surface area contributed by atoms with Gasteiger partial charge in [0.1, 0.15) is 6.04 Å². The Balaban J connectivity index is 2.31. The number of nitrogens with zero attached hydrogens (tertiary/aromatic N) is 1. The molecule has 0 radical (unpaired) electrons. The summed E-state index contributed by atoms with van der Waals surface area (Å²) in [4.78, 5) is 12.7. The van der Waals surface area contributed by atoms with Crippen molar-refractivity contribution in [3.8, 4) is 0 Å². The second-order valence-corrected chi connectivity index (χ2v) is 4.98. The molecule has 1 aromatic carbocycles. The molecule has 0 aliphatic carbocycles. The Morgan fingerprint density at radius 1 is 1.19 bits per heavy atom. The van der Waals surface area contributed by atoms with Crippen LogP contribution in [-0.2, 0) is 0 Å². The van der Waals surface area contributed by atoms with Crippen LogP contribution < -0.4 is 5.73 Å². The van der Waals surface area contributed by atoms with Crippen molar-refractivity contribution in [3.05, 3.63) is 35.4 Å². The Morgan fingerprint density at radius 2 is 1.86 bits per heavy atom. The van der Waals surface area contributed by atoms with E-state index >= 15 is 0 Å². The summed E-state index contributed by atoms with van der Waals surface area (Å²) < 4.78 is 64.9. The first kappa shape index (κ1) is 15.7. The summed E-state index contributed by atoms with van der Waals surface area (Å²) in [5, 5.41) is 0. The Hall–Kier alpha value is -1.70. The molecule has 0 aromatic heterocycles. The van der Waals surface area contributed by atoms with E-state index in [2.05, 4.69) is 0 Å². The van der Waals surface area contributed by atoms with E-state index in [1.165, 1.54) is 0 Å². The number of hydrogen-bond acceptors (Lipinski definition) is 2. The molecule has 0 bridgehead atoms. The van der Waals surface area contributed by atoms with Crippen molar-refractivity contribution in [2.45, 2.75) is 31.1 Å². The van der Waals surface area contributed by atoms with E-state index in [1.54, 1.807) is 0 Å². The smallest absolute Gasteiger partial charge is 0.326 e. The molecule has 2 atom stereocenters. The molecular formula is C13H13F5N2O. The third-order valence-corrected chi connectivity index (χ3v) is 3.42. The normalized spacial score (nSPS) is 23.2. The Kier molecular flexibility index (Phi) is 4.18. The number of likely N-dealkylation sites (tertiary alicyclic amines) is 1. The number of halogens is 5. The number of benzene rings is 1. The monoisotopic (exact) mass is 308 g/mol. The predicted octanol–water partition coefficient (Wildman–Crippen LogP) is 2.46. The Bertz CT molecular complexity index is 546. The molecular weight excluding hydrogens is 295 g/mol. The van der Waals surface area contributed by atoms with Crippen molar-refractivity contribution in [3.63, 3.8) is 0 Å². The zero-order valence-electron chi connectivity index (χ0n) is 10.8. The number of piperidine rings is 1. The van der Waals surface area contributed by atoms with Gasteiger partial charge in [0.15, 0.2) is 11.6 Å². The van der Waals surface area contributed by atoms with Gasteiger partial charge >= 0.3 is 6.18 Å². The van der Waals surface area contributed by atoms with Crippen LogP contribution in [0.2, 0.25) is 0 Å². The fraction of sp³-hybridized carbons (Fsp3) is 0.462. The van der Waals surface area contributed by atoms with Gasteiger partial charge in [-0.3, -0.25) is 4.79 Å². The van der Waals surface area contributed by atoms with Gasteiger partial charge in [0, 0.05) is 18.2 Å². The third-order valence-electron chi connectivity index (χ3n) is 3.42. The second kappa shape index (κ2) is 5.59. The van der Waals surface area contributed by atoms with Gasteiger partial charge in [0.2, 0.25) is 0 Å². The summed E-state index contributed by atoms with van der Waals surface area (Å²) in [5.41, 5.74) is 5.27. The van der Waals surface area contributed by atoms with Crippen LogP contribution in [0.4, 0.5) is 22.0 Å². The maximum Gasteiger partial charge on any atom is 0.408 e. The fourth-order valence-corrected chi connectivity index (χ4v) is 2.36. The number of rotatable bonds is 1. The van der Waals surface area contributed by atoms with Crippen molar-refractivity contribution < 1.29 is 26.7 Å². The summed E-state index contributed by atoms with van der Waals surface area (Å²) in [6, 6.07) is -0.287. The quantitative estimate of drug-likeness (QED) is 0.810. The summed E-state index contributed by atoms with van der Waals surface area (Å²) in [7, 11) is 0. The van der Waals surface area contributed by atoms with Crippen molar-refractivity contribution in [1.29, 1.82) is 0 Å². The highest BCUT2D eigenvalue weighted by molar-refractivity contribution is 5.94. The van der Waals surface area contributed by atoms with Crippen LogP contribution in [0.5, 0.6) is 0 Å². The molecule has 0 spiro atoms. The van der Waals surface area contributed by atoms with Crippen LogP contribution >= 0.6 is 0 Å². The van der Waals surface area contributed by atoms with Gasteiger partial charge in [0.05, 0.1) is 0 Å². The van der Waals surface area contributed by atoms with Gasteiger partial charge in [-0.05, 0) is 31.0 Å². The number of amides is 1. The molecule has 1 aliphatic heterocycles. The minimum absolute atomic E-state index is 0.145. The SMILES string of the molecule is NC1CCC(C(F)(F)F)N(C(=O)c2ccc(F)c(F)c2)C1. The zero-order valence-corrected chi connectivity index (χ0v) is 10.8. The molecule has 2 unspecified atom stereocenters. The number of nitrogens with two attached hydrogens (primary N) is 1. The second-order valence-electron chi connectivity index (χ2n) is 4.98. The number of alkyl halides is 3. The molecule has 1 amide bonds. The maximum atomic E-state index is 13.1. The van der Waals surface area contributed by atoms with Gasteiger partial charge in [-0.2, -0.15) is 13.2 Å². The number of carbonyl (C=O) groups is 1. The van der Waals surface area contributed by atoms with E-state index in [9.17, 15) is 26.7 Å². The van der Waals surface area contributed by atoms with Gasteiger partial charge < -0.3 is 10.6 Å². The highest BCUT2D eigenvalue weighted by Crippen LogP contribution is 2.32. The molecule has 8 heteroatoms. The molecule has 1 aromatic rings. The van der Waals surface area contributed by atoms with Crippen LogP contribution in [0.3, 0.4) is 0 Å². The fourth-order valence-electron chi connectivity index (χ4n) is 2.36. The molecule has 1 aliphatic rings. The highest BCUT2D eigenvalue weighted by Gasteiger charge is 2.47. The number of carbonyl (C=O) groups excluding carboxylic acids is 1. The molecule has 2 rings (SSSR count). The van der Waals surface area contributed by atoms with Gasteiger partial charge in [-0.15, -0.1) is 0 Å². The third kappa shape index (κ3) is 3.31. The topological polar surface area (TPSA) is 46.3 Å². The van der Waals surface area contributed by atoms with E-state index in [0.717, 1.165) is 6.07 Å². The van der Waals surface area contributed by atoms with Gasteiger partial charge in [0.25, 0.3) is 5.91 Å². The first-order valence-electron chi connectivity index (χ1n) is 6.28. The molecule has 116 valence electrons. The van der Waals surface area contributed by atoms with Crippen molar-refractivity contribution in [1.82, 2.24) is 4.90 Å². The first-order valence-corrected chi connectivity index (χ1v) is 6.28. The summed E-state index contributed by atoms with van der Waals surface area (Å²) in [5.74, 6) is -3.47. The molecule has 2 N–H and O–H groups in total. The standard InChI is InChI=1S/C13H13F5N2O/c14-9-3-1-7(5-10(9)15)12(21)20-6-8(19)2-4-11(20)13(16,17)18/h1,3,5,8,11H,2,4,6,19H2. The average molecular weight is 308 g/mol. The minimum Gasteiger partial charge on any atom is -0.326 e. The Labute approximate surface area is 117 Å². The van der Waals surface area contributed by atoms with Crippen molar-refractivity contribution >= 4 is 5.91 Å². The predicted molar refractivity (Wildman–Crippen MR) is 64.4 cm³/mol.